The van der Waals surface area contributed by atoms with Gasteiger partial charge in [-0.1, -0.05) is 18.9 Å². The second-order valence-corrected chi connectivity index (χ2v) is 12.5. The number of sulfonamides is 1. The molecule has 3 aromatic rings. The van der Waals surface area contributed by atoms with Gasteiger partial charge in [-0.25, -0.2) is 13.6 Å². The molecule has 0 aliphatic carbocycles. The van der Waals surface area contributed by atoms with Gasteiger partial charge in [0.15, 0.2) is 0 Å². The minimum absolute atomic E-state index is 0.0541. The van der Waals surface area contributed by atoms with Crippen LogP contribution in [0.1, 0.15) is 38.8 Å². The highest BCUT2D eigenvalue weighted by molar-refractivity contribution is 7.89. The first-order valence-corrected chi connectivity index (χ1v) is 16.1. The summed E-state index contributed by atoms with van der Waals surface area (Å²) in [5.74, 6) is 5.74. The molecule has 1 aliphatic heterocycles. The number of anilines is 2. The molecule has 0 spiro atoms. The quantitative estimate of drug-likeness (QED) is 0.204. The van der Waals surface area contributed by atoms with Gasteiger partial charge < -0.3 is 24.7 Å². The van der Waals surface area contributed by atoms with E-state index in [2.05, 4.69) is 27.4 Å². The minimum Gasteiger partial charge on any atom is -0.495 e. The number of methoxy groups -OCH3 is 1. The molecular formula is C31H38F3N5O5S. The number of piperidine rings is 1. The van der Waals surface area contributed by atoms with E-state index in [-0.39, 0.29) is 41.0 Å². The molecule has 1 aromatic heterocycles. The Morgan fingerprint density at radius 2 is 1.89 bits per heavy atom. The summed E-state index contributed by atoms with van der Waals surface area (Å²) in [5, 5.41) is 12.3. The lowest BCUT2D eigenvalue weighted by Crippen LogP contribution is -2.42. The SMILES string of the molecule is CCC(=O)OC(C)CN1CCC(Nc2cccc3c2cc(C#CCNc2ccc(S(N)(=O)=O)cc2OC)n3CC(F)(F)F)CC1. The molecule has 1 unspecified atom stereocenters. The minimum atomic E-state index is -4.46. The van der Waals surface area contributed by atoms with E-state index in [0.717, 1.165) is 36.2 Å². The summed E-state index contributed by atoms with van der Waals surface area (Å²) < 4.78 is 75.9. The first-order valence-electron chi connectivity index (χ1n) is 14.6. The van der Waals surface area contributed by atoms with Gasteiger partial charge in [-0.3, -0.25) is 9.69 Å². The number of halogens is 3. The maximum Gasteiger partial charge on any atom is 0.406 e. The van der Waals surface area contributed by atoms with Crippen molar-refractivity contribution in [1.82, 2.24) is 9.47 Å². The van der Waals surface area contributed by atoms with Gasteiger partial charge >= 0.3 is 12.1 Å². The van der Waals surface area contributed by atoms with E-state index >= 15 is 0 Å². The fourth-order valence-electron chi connectivity index (χ4n) is 5.32. The number of esters is 1. The molecule has 45 heavy (non-hydrogen) atoms. The number of rotatable bonds is 11. The Balaban J connectivity index is 1.49. The Labute approximate surface area is 261 Å². The van der Waals surface area contributed by atoms with E-state index in [1.54, 1.807) is 25.1 Å². The van der Waals surface area contributed by atoms with Crippen molar-refractivity contribution in [2.45, 2.75) is 62.9 Å². The smallest absolute Gasteiger partial charge is 0.406 e. The number of alkyl halides is 3. The van der Waals surface area contributed by atoms with Crippen LogP contribution >= 0.6 is 0 Å². The van der Waals surface area contributed by atoms with Gasteiger partial charge in [0.25, 0.3) is 0 Å². The van der Waals surface area contributed by atoms with Crippen LogP contribution in [-0.4, -0.2) is 75.5 Å². The fourth-order valence-corrected chi connectivity index (χ4v) is 5.85. The van der Waals surface area contributed by atoms with Gasteiger partial charge in [-0.15, -0.1) is 0 Å². The van der Waals surface area contributed by atoms with Crippen molar-refractivity contribution in [2.24, 2.45) is 5.14 Å². The molecule has 4 N–H and O–H groups in total. The standard InChI is InChI=1S/C31H38F3N5O5S/c1-4-30(40)44-21(2)19-38-15-12-22(13-16-38)37-26-8-5-9-28-25(26)17-23(39(28)20-31(32,33)34)7-6-14-36-27-11-10-24(45(35,41)42)18-29(27)43-3/h5,8-11,17-18,21-22,36-37H,4,12-16,19-20H2,1-3H3,(H2,35,41,42). The predicted molar refractivity (Wildman–Crippen MR) is 167 cm³/mol. The molecule has 0 amide bonds. The van der Waals surface area contributed by atoms with Crippen molar-refractivity contribution in [2.75, 3.05) is 43.9 Å². The molecular weight excluding hydrogens is 611 g/mol. The third kappa shape index (κ3) is 9.29. The number of carbonyl (C=O) groups is 1. The lowest BCUT2D eigenvalue weighted by Gasteiger charge is -2.34. The molecule has 14 heteroatoms. The topological polar surface area (TPSA) is 128 Å². The maximum atomic E-state index is 13.6. The molecule has 0 radical (unpaired) electrons. The lowest BCUT2D eigenvalue weighted by molar-refractivity contribution is -0.148. The number of ether oxygens (including phenoxy) is 2. The summed E-state index contributed by atoms with van der Waals surface area (Å²) in [4.78, 5) is 13.7. The van der Waals surface area contributed by atoms with Gasteiger partial charge in [0.1, 0.15) is 18.4 Å². The first kappa shape index (κ1) is 34.0. The predicted octanol–water partition coefficient (Wildman–Crippen LogP) is 4.54. The van der Waals surface area contributed by atoms with Crippen LogP contribution < -0.4 is 20.5 Å². The van der Waals surface area contributed by atoms with Crippen LogP contribution in [0.15, 0.2) is 47.4 Å². The summed E-state index contributed by atoms with van der Waals surface area (Å²) in [5.41, 5.74) is 1.81. The Bertz CT molecular complexity index is 1670. The average Bonchev–Trinajstić information content (AvgIpc) is 3.32. The first-order chi connectivity index (χ1) is 21.3. The third-order valence-corrected chi connectivity index (χ3v) is 8.36. The molecule has 1 saturated heterocycles. The van der Waals surface area contributed by atoms with Crippen LogP contribution in [0.4, 0.5) is 24.5 Å². The number of nitrogens with one attached hydrogen (secondary N) is 2. The molecule has 4 rings (SSSR count). The Hall–Kier alpha value is -3.93. The zero-order chi connectivity index (χ0) is 32.8. The van der Waals surface area contributed by atoms with Crippen LogP contribution in [-0.2, 0) is 26.1 Å². The fraction of sp³-hybridized carbons (Fsp3) is 0.452. The van der Waals surface area contributed by atoms with Gasteiger partial charge in [0, 0.05) is 49.2 Å². The number of hydrogen-bond acceptors (Lipinski definition) is 8. The number of hydrogen-bond donors (Lipinski definition) is 3. The Morgan fingerprint density at radius 3 is 2.53 bits per heavy atom. The van der Waals surface area contributed by atoms with Crippen molar-refractivity contribution in [3.63, 3.8) is 0 Å². The van der Waals surface area contributed by atoms with Gasteiger partial charge in [-0.2, -0.15) is 13.2 Å². The highest BCUT2D eigenvalue weighted by Crippen LogP contribution is 2.32. The second kappa shape index (κ2) is 14.4. The van der Waals surface area contributed by atoms with Crippen LogP contribution in [0.2, 0.25) is 0 Å². The molecule has 2 aromatic carbocycles. The second-order valence-electron chi connectivity index (χ2n) is 10.9. The number of aromatic nitrogens is 1. The van der Waals surface area contributed by atoms with E-state index in [4.69, 9.17) is 14.6 Å². The van der Waals surface area contributed by atoms with Gasteiger partial charge in [0.05, 0.1) is 35.4 Å². The molecule has 10 nitrogen and oxygen atoms in total. The third-order valence-electron chi connectivity index (χ3n) is 7.45. The molecule has 1 aliphatic rings. The Morgan fingerprint density at radius 1 is 1.16 bits per heavy atom. The largest absolute Gasteiger partial charge is 0.495 e. The number of benzene rings is 2. The number of fused-ring (bicyclic) bond motifs is 1. The summed E-state index contributed by atoms with van der Waals surface area (Å²) >= 11 is 0. The van der Waals surface area contributed by atoms with E-state index in [9.17, 15) is 26.4 Å². The number of carbonyl (C=O) groups excluding carboxylic acids is 1. The summed E-state index contributed by atoms with van der Waals surface area (Å²) in [6, 6.07) is 11.1. The number of primary sulfonamides is 1. The number of nitrogens with two attached hydrogens (primary N) is 1. The molecule has 1 atom stereocenters. The van der Waals surface area contributed by atoms with E-state index in [1.165, 1.54) is 25.3 Å². The summed E-state index contributed by atoms with van der Waals surface area (Å²) in [7, 11) is -2.55. The molecule has 1 fully saturated rings. The van der Waals surface area contributed by atoms with Gasteiger partial charge in [0.2, 0.25) is 10.0 Å². The van der Waals surface area contributed by atoms with E-state index in [0.29, 0.717) is 29.6 Å². The lowest BCUT2D eigenvalue weighted by atomic mass is 10.0. The molecule has 244 valence electrons. The van der Waals surface area contributed by atoms with E-state index in [1.807, 2.05) is 13.0 Å². The Kier molecular flexibility index (Phi) is 10.9. The van der Waals surface area contributed by atoms with Crippen LogP contribution in [0.25, 0.3) is 10.9 Å². The number of likely N-dealkylation sites (tertiary alicyclic amines) is 1. The monoisotopic (exact) mass is 649 g/mol. The molecule has 0 saturated carbocycles. The van der Waals surface area contributed by atoms with Crippen molar-refractivity contribution >= 4 is 38.3 Å². The molecule has 2 heterocycles. The summed E-state index contributed by atoms with van der Waals surface area (Å²) in [6.45, 7) is 4.76. The van der Waals surface area contributed by atoms with Crippen molar-refractivity contribution in [1.29, 1.82) is 0 Å². The van der Waals surface area contributed by atoms with Crippen LogP contribution in [0, 0.1) is 11.8 Å². The zero-order valence-electron chi connectivity index (χ0n) is 25.4. The van der Waals surface area contributed by atoms with Crippen molar-refractivity contribution in [3.05, 3.63) is 48.2 Å². The average molecular weight is 650 g/mol. The summed E-state index contributed by atoms with van der Waals surface area (Å²) in [6.07, 6.45) is -2.66. The van der Waals surface area contributed by atoms with Crippen molar-refractivity contribution in [3.8, 4) is 17.6 Å². The van der Waals surface area contributed by atoms with Crippen LogP contribution in [0.5, 0.6) is 5.75 Å². The maximum absolute atomic E-state index is 13.6. The molecule has 0 bridgehead atoms. The highest BCUT2D eigenvalue weighted by atomic mass is 32.2. The van der Waals surface area contributed by atoms with Gasteiger partial charge in [-0.05, 0) is 56.0 Å². The zero-order valence-corrected chi connectivity index (χ0v) is 26.2. The van der Waals surface area contributed by atoms with E-state index < -0.39 is 22.7 Å². The van der Waals surface area contributed by atoms with Crippen LogP contribution in [0.3, 0.4) is 0 Å². The van der Waals surface area contributed by atoms with Crippen molar-refractivity contribution < 1.29 is 35.9 Å². The normalized spacial score (nSPS) is 15.3. The highest BCUT2D eigenvalue weighted by Gasteiger charge is 2.30. The number of nitrogens with zero attached hydrogens (tertiary/aromatic N) is 2.